The predicted molar refractivity (Wildman–Crippen MR) is 103 cm³/mol. The molecule has 2 bridgehead atoms. The summed E-state index contributed by atoms with van der Waals surface area (Å²) in [5.74, 6) is 0.344. The molecule has 0 amide bonds. The number of rotatable bonds is 4. The normalized spacial score (nSPS) is 26.2. The van der Waals surface area contributed by atoms with Crippen molar-refractivity contribution >= 4 is 0 Å². The Morgan fingerprint density at radius 3 is 2.86 bits per heavy atom. The molecule has 0 aliphatic carbocycles. The average molecular weight is 396 g/mol. The number of halogens is 1. The Labute approximate surface area is 166 Å². The summed E-state index contributed by atoms with van der Waals surface area (Å²) in [5.41, 5.74) is 1.72. The largest absolute Gasteiger partial charge is 0.507 e. The quantitative estimate of drug-likeness (QED) is 0.699. The maximum absolute atomic E-state index is 14.7. The second-order valence-electron chi connectivity index (χ2n) is 7.54. The monoisotopic (exact) mass is 396 g/mol. The molecule has 2 fully saturated rings. The highest BCUT2D eigenvalue weighted by Crippen LogP contribution is 2.32. The van der Waals surface area contributed by atoms with Crippen LogP contribution in [0.15, 0.2) is 42.7 Å². The van der Waals surface area contributed by atoms with Crippen LogP contribution >= 0.6 is 0 Å². The zero-order valence-electron chi connectivity index (χ0n) is 15.6. The summed E-state index contributed by atoms with van der Waals surface area (Å²) in [6, 6.07) is 8.66. The second kappa shape index (κ2) is 7.40. The van der Waals surface area contributed by atoms with Crippen LogP contribution in [0.3, 0.4) is 0 Å². The molecule has 1 aromatic carbocycles. The standard InChI is InChI=1S/C20H21FN6O2/c21-20-16-3-1-2-12(23-16)10-18(20)29-19-7-6-15(24-25-19)14-5-4-13(11-17(14)28)27-9-8-22-26-27/h4-9,11-12,16,18,20,23,28H,1-3,10H2/t12-,16+,18-,20+/m0/s1. The summed E-state index contributed by atoms with van der Waals surface area (Å²) >= 11 is 0. The molecule has 4 heterocycles. The second-order valence-corrected chi connectivity index (χ2v) is 7.54. The highest BCUT2D eigenvalue weighted by atomic mass is 19.1. The van der Waals surface area contributed by atoms with Crippen molar-refractivity contribution in [3.63, 3.8) is 0 Å². The lowest BCUT2D eigenvalue weighted by atomic mass is 9.84. The molecule has 2 aromatic heterocycles. The Bertz CT molecular complexity index is 981. The minimum Gasteiger partial charge on any atom is -0.507 e. The Morgan fingerprint density at radius 2 is 2.10 bits per heavy atom. The molecule has 0 spiro atoms. The number of nitrogens with one attached hydrogen (secondary N) is 1. The molecule has 2 saturated heterocycles. The van der Waals surface area contributed by atoms with Gasteiger partial charge in [0, 0.05) is 36.2 Å². The van der Waals surface area contributed by atoms with Crippen LogP contribution in [0, 0.1) is 0 Å². The smallest absolute Gasteiger partial charge is 0.233 e. The van der Waals surface area contributed by atoms with Crippen LogP contribution in [0.4, 0.5) is 4.39 Å². The Balaban J connectivity index is 1.31. The van der Waals surface area contributed by atoms with E-state index in [1.165, 1.54) is 0 Å². The number of alkyl halides is 1. The number of aromatic nitrogens is 5. The zero-order chi connectivity index (χ0) is 19.8. The lowest BCUT2D eigenvalue weighted by Crippen LogP contribution is -2.59. The van der Waals surface area contributed by atoms with Crippen molar-refractivity contribution in [2.45, 2.75) is 50.0 Å². The molecule has 2 aliphatic rings. The van der Waals surface area contributed by atoms with Crippen molar-refractivity contribution in [2.24, 2.45) is 0 Å². The van der Waals surface area contributed by atoms with Crippen molar-refractivity contribution in [2.75, 3.05) is 0 Å². The molecule has 8 nitrogen and oxygen atoms in total. The van der Waals surface area contributed by atoms with Gasteiger partial charge < -0.3 is 15.2 Å². The number of nitrogens with zero attached hydrogens (tertiary/aromatic N) is 5. The van der Waals surface area contributed by atoms with Crippen molar-refractivity contribution in [3.05, 3.63) is 42.7 Å². The number of hydrogen-bond donors (Lipinski definition) is 2. The predicted octanol–water partition coefficient (Wildman–Crippen LogP) is 2.43. The van der Waals surface area contributed by atoms with Crippen LogP contribution < -0.4 is 10.1 Å². The molecule has 9 heteroatoms. The topological polar surface area (TPSA) is 98.0 Å². The van der Waals surface area contributed by atoms with Gasteiger partial charge in [-0.3, -0.25) is 0 Å². The number of fused-ring (bicyclic) bond motifs is 2. The molecule has 29 heavy (non-hydrogen) atoms. The number of piperidine rings is 2. The van der Waals surface area contributed by atoms with Crippen molar-refractivity contribution in [1.82, 2.24) is 30.5 Å². The number of phenolic OH excluding ortho intramolecular Hbond substituents is 1. The fourth-order valence-electron chi connectivity index (χ4n) is 4.18. The van der Waals surface area contributed by atoms with Crippen LogP contribution in [0.1, 0.15) is 25.7 Å². The molecular weight excluding hydrogens is 375 g/mol. The molecule has 0 unspecified atom stereocenters. The minimum absolute atomic E-state index is 0.0518. The fraction of sp³-hybridized carbons (Fsp3) is 0.400. The summed E-state index contributed by atoms with van der Waals surface area (Å²) in [7, 11) is 0. The van der Waals surface area contributed by atoms with E-state index in [4.69, 9.17) is 4.74 Å². The van der Waals surface area contributed by atoms with Crippen LogP contribution in [0.2, 0.25) is 0 Å². The molecular formula is C20H21FN6O2. The van der Waals surface area contributed by atoms with E-state index in [0.29, 0.717) is 35.3 Å². The molecule has 0 saturated carbocycles. The van der Waals surface area contributed by atoms with Gasteiger partial charge in [-0.15, -0.1) is 15.3 Å². The lowest BCUT2D eigenvalue weighted by molar-refractivity contribution is 0.00652. The Kier molecular flexibility index (Phi) is 4.59. The first-order valence-corrected chi connectivity index (χ1v) is 9.78. The van der Waals surface area contributed by atoms with E-state index in [1.54, 1.807) is 47.4 Å². The maximum Gasteiger partial charge on any atom is 0.233 e. The zero-order valence-corrected chi connectivity index (χ0v) is 15.6. The van der Waals surface area contributed by atoms with E-state index in [0.717, 1.165) is 19.3 Å². The third-order valence-corrected chi connectivity index (χ3v) is 5.63. The van der Waals surface area contributed by atoms with Gasteiger partial charge in [0.05, 0.1) is 23.8 Å². The van der Waals surface area contributed by atoms with Crippen LogP contribution in [0.25, 0.3) is 16.9 Å². The van der Waals surface area contributed by atoms with Crippen LogP contribution in [-0.2, 0) is 0 Å². The molecule has 2 aliphatic heterocycles. The SMILES string of the molecule is Oc1cc(-n2ccnn2)ccc1-c1ccc(O[C@H]2C[C@@H]3CCC[C@@H](N3)[C@H]2F)nn1. The van der Waals surface area contributed by atoms with E-state index in [-0.39, 0.29) is 11.8 Å². The summed E-state index contributed by atoms with van der Waals surface area (Å²) in [4.78, 5) is 0. The van der Waals surface area contributed by atoms with Gasteiger partial charge in [0.2, 0.25) is 5.88 Å². The number of hydrogen-bond acceptors (Lipinski definition) is 7. The van der Waals surface area contributed by atoms with Crippen molar-refractivity contribution in [3.8, 4) is 28.6 Å². The average Bonchev–Trinajstić information content (AvgIpc) is 3.28. The number of benzene rings is 1. The number of ether oxygens (including phenoxy) is 1. The third kappa shape index (κ3) is 3.53. The molecule has 0 radical (unpaired) electrons. The van der Waals surface area contributed by atoms with Crippen LogP contribution in [-0.4, -0.2) is 54.7 Å². The van der Waals surface area contributed by atoms with E-state index < -0.39 is 12.3 Å². The Morgan fingerprint density at radius 1 is 1.17 bits per heavy atom. The number of aromatic hydroxyl groups is 1. The molecule has 4 atom stereocenters. The van der Waals surface area contributed by atoms with Gasteiger partial charge in [-0.05, 0) is 31.0 Å². The van der Waals surface area contributed by atoms with Gasteiger partial charge in [-0.2, -0.15) is 0 Å². The van der Waals surface area contributed by atoms with Gasteiger partial charge in [-0.25, -0.2) is 9.07 Å². The van der Waals surface area contributed by atoms with Crippen molar-refractivity contribution in [1.29, 1.82) is 0 Å². The molecule has 3 aromatic rings. The van der Waals surface area contributed by atoms with E-state index in [1.807, 2.05) is 0 Å². The van der Waals surface area contributed by atoms with Gasteiger partial charge in [0.1, 0.15) is 11.9 Å². The van der Waals surface area contributed by atoms with Crippen LogP contribution in [0.5, 0.6) is 11.6 Å². The Hall–Kier alpha value is -3.07. The van der Waals surface area contributed by atoms with E-state index in [9.17, 15) is 9.50 Å². The molecule has 150 valence electrons. The summed E-state index contributed by atoms with van der Waals surface area (Å²) in [6.45, 7) is 0. The van der Waals surface area contributed by atoms with Gasteiger partial charge in [-0.1, -0.05) is 11.6 Å². The third-order valence-electron chi connectivity index (χ3n) is 5.63. The number of phenols is 1. The van der Waals surface area contributed by atoms with E-state index in [2.05, 4.69) is 25.8 Å². The maximum atomic E-state index is 14.7. The first-order valence-electron chi connectivity index (χ1n) is 9.78. The minimum atomic E-state index is -1.05. The lowest BCUT2D eigenvalue weighted by Gasteiger charge is -2.42. The fourth-order valence-corrected chi connectivity index (χ4v) is 4.18. The van der Waals surface area contributed by atoms with Crippen molar-refractivity contribution < 1.29 is 14.2 Å². The summed E-state index contributed by atoms with van der Waals surface area (Å²) in [6.07, 6.45) is 5.27. The van der Waals surface area contributed by atoms with E-state index >= 15 is 0 Å². The summed E-state index contributed by atoms with van der Waals surface area (Å²) in [5, 5.41) is 29.6. The van der Waals surface area contributed by atoms with Gasteiger partial charge >= 0.3 is 0 Å². The highest BCUT2D eigenvalue weighted by molar-refractivity contribution is 5.68. The van der Waals surface area contributed by atoms with Gasteiger partial charge in [0.15, 0.2) is 6.17 Å². The molecule has 5 rings (SSSR count). The summed E-state index contributed by atoms with van der Waals surface area (Å²) < 4.78 is 22.0. The molecule has 2 N–H and O–H groups in total. The first kappa shape index (κ1) is 18.0. The highest BCUT2D eigenvalue weighted by Gasteiger charge is 2.41. The van der Waals surface area contributed by atoms with Gasteiger partial charge in [0.25, 0.3) is 0 Å². The first-order chi connectivity index (χ1) is 14.2.